The van der Waals surface area contributed by atoms with E-state index in [0.29, 0.717) is 11.6 Å². The van der Waals surface area contributed by atoms with Crippen LogP contribution in [0.25, 0.3) is 0 Å². The fraction of sp³-hybridized carbons (Fsp3) is 0.375. The molecule has 2 rings (SSSR count). The van der Waals surface area contributed by atoms with Gasteiger partial charge in [-0.05, 0) is 36.5 Å². The van der Waals surface area contributed by atoms with E-state index in [2.05, 4.69) is 5.32 Å². The number of aliphatic carboxylic acids is 2. The van der Waals surface area contributed by atoms with Gasteiger partial charge in [-0.1, -0.05) is 31.4 Å². The van der Waals surface area contributed by atoms with Crippen molar-refractivity contribution < 1.29 is 19.8 Å². The summed E-state index contributed by atoms with van der Waals surface area (Å²) < 4.78 is 0. The topological polar surface area (TPSA) is 86.6 Å². The minimum absolute atomic E-state index is 0.608. The second kappa shape index (κ2) is 6.92. The summed E-state index contributed by atoms with van der Waals surface area (Å²) >= 11 is 0. The predicted molar refractivity (Wildman–Crippen MR) is 79.2 cm³/mol. The van der Waals surface area contributed by atoms with Crippen molar-refractivity contribution in [1.29, 1.82) is 0 Å². The minimum Gasteiger partial charge on any atom is -0.477 e. The summed E-state index contributed by atoms with van der Waals surface area (Å²) in [7, 11) is 0. The second-order valence-corrected chi connectivity index (χ2v) is 5.27. The Balaban J connectivity index is 2.03. The van der Waals surface area contributed by atoms with Crippen molar-refractivity contribution in [1.82, 2.24) is 0 Å². The van der Waals surface area contributed by atoms with Gasteiger partial charge in [-0.3, -0.25) is 0 Å². The molecular weight excluding hydrogens is 270 g/mol. The average Bonchev–Trinajstić information content (AvgIpc) is 2.48. The van der Waals surface area contributed by atoms with E-state index in [4.69, 9.17) is 10.2 Å². The van der Waals surface area contributed by atoms with Gasteiger partial charge in [0.2, 0.25) is 0 Å². The zero-order chi connectivity index (χ0) is 15.2. The van der Waals surface area contributed by atoms with Crippen LogP contribution < -0.4 is 5.32 Å². The molecule has 0 amide bonds. The van der Waals surface area contributed by atoms with Crippen molar-refractivity contribution in [3.63, 3.8) is 0 Å². The molecule has 1 aromatic rings. The molecule has 0 bridgehead atoms. The Bertz CT molecular complexity index is 526. The lowest BCUT2D eigenvalue weighted by atomic mass is 9.84. The van der Waals surface area contributed by atoms with Crippen molar-refractivity contribution in [2.75, 3.05) is 5.32 Å². The Labute approximate surface area is 123 Å². The molecule has 0 aliphatic heterocycles. The molecule has 112 valence electrons. The first-order valence-electron chi connectivity index (χ1n) is 7.11. The lowest BCUT2D eigenvalue weighted by Crippen LogP contribution is -2.12. The van der Waals surface area contributed by atoms with Crippen molar-refractivity contribution in [2.24, 2.45) is 0 Å². The van der Waals surface area contributed by atoms with Gasteiger partial charge < -0.3 is 15.5 Å². The first-order valence-corrected chi connectivity index (χ1v) is 7.11. The Morgan fingerprint density at radius 2 is 1.57 bits per heavy atom. The Morgan fingerprint density at radius 1 is 1.00 bits per heavy atom. The SMILES string of the molecule is O=C(O)C(=CNc1ccc(C2CCCCC2)cc1)C(=O)O. The summed E-state index contributed by atoms with van der Waals surface area (Å²) in [5.41, 5.74) is 1.28. The maximum absolute atomic E-state index is 10.7. The number of hydrogen-bond donors (Lipinski definition) is 3. The molecule has 0 atom stereocenters. The zero-order valence-electron chi connectivity index (χ0n) is 11.7. The molecule has 1 saturated carbocycles. The van der Waals surface area contributed by atoms with Crippen LogP contribution >= 0.6 is 0 Å². The third-order valence-electron chi connectivity index (χ3n) is 3.83. The number of anilines is 1. The van der Waals surface area contributed by atoms with E-state index < -0.39 is 17.5 Å². The molecule has 1 aromatic carbocycles. The molecule has 1 aliphatic carbocycles. The van der Waals surface area contributed by atoms with Crippen molar-refractivity contribution in [3.05, 3.63) is 41.6 Å². The summed E-state index contributed by atoms with van der Waals surface area (Å²) in [6.45, 7) is 0. The van der Waals surface area contributed by atoms with Gasteiger partial charge >= 0.3 is 11.9 Å². The van der Waals surface area contributed by atoms with E-state index in [9.17, 15) is 9.59 Å². The van der Waals surface area contributed by atoms with Gasteiger partial charge in [-0.25, -0.2) is 9.59 Å². The van der Waals surface area contributed by atoms with Gasteiger partial charge in [0, 0.05) is 11.9 Å². The number of benzene rings is 1. The van der Waals surface area contributed by atoms with Crippen LogP contribution in [0.5, 0.6) is 0 Å². The third kappa shape index (κ3) is 4.08. The summed E-state index contributed by atoms with van der Waals surface area (Å²) in [6, 6.07) is 7.74. The molecule has 21 heavy (non-hydrogen) atoms. The highest BCUT2D eigenvalue weighted by molar-refractivity contribution is 6.12. The van der Waals surface area contributed by atoms with E-state index in [1.165, 1.54) is 37.7 Å². The van der Waals surface area contributed by atoms with Crippen LogP contribution in [-0.4, -0.2) is 22.2 Å². The van der Waals surface area contributed by atoms with E-state index in [-0.39, 0.29) is 0 Å². The zero-order valence-corrected chi connectivity index (χ0v) is 11.7. The van der Waals surface area contributed by atoms with Crippen LogP contribution in [0.2, 0.25) is 0 Å². The summed E-state index contributed by atoms with van der Waals surface area (Å²) in [4.78, 5) is 21.5. The fourth-order valence-electron chi connectivity index (χ4n) is 2.66. The normalized spacial score (nSPS) is 15.2. The lowest BCUT2D eigenvalue weighted by Gasteiger charge is -2.22. The lowest BCUT2D eigenvalue weighted by molar-refractivity contribution is -0.140. The number of carboxylic acids is 2. The molecule has 0 spiro atoms. The van der Waals surface area contributed by atoms with Gasteiger partial charge in [0.15, 0.2) is 5.57 Å². The standard InChI is InChI=1S/C16H19NO4/c18-15(19)14(16(20)21)10-17-13-8-6-12(7-9-13)11-4-2-1-3-5-11/h6-11,17H,1-5H2,(H,18,19)(H,20,21). The minimum atomic E-state index is -1.46. The largest absolute Gasteiger partial charge is 0.477 e. The number of carboxylic acid groups (broad SMARTS) is 2. The molecule has 0 saturated heterocycles. The molecular formula is C16H19NO4. The van der Waals surface area contributed by atoms with E-state index >= 15 is 0 Å². The maximum Gasteiger partial charge on any atom is 0.344 e. The predicted octanol–water partition coefficient (Wildman–Crippen LogP) is 3.20. The molecule has 5 heteroatoms. The van der Waals surface area contributed by atoms with E-state index in [0.717, 1.165) is 6.20 Å². The summed E-state index contributed by atoms with van der Waals surface area (Å²) in [5, 5.41) is 20.2. The van der Waals surface area contributed by atoms with Crippen molar-refractivity contribution >= 4 is 17.6 Å². The molecule has 0 aromatic heterocycles. The molecule has 1 aliphatic rings. The molecule has 0 heterocycles. The van der Waals surface area contributed by atoms with Gasteiger partial charge in [0.25, 0.3) is 0 Å². The van der Waals surface area contributed by atoms with Crippen LogP contribution in [0.1, 0.15) is 43.6 Å². The molecule has 5 nitrogen and oxygen atoms in total. The highest BCUT2D eigenvalue weighted by atomic mass is 16.4. The average molecular weight is 289 g/mol. The van der Waals surface area contributed by atoms with Gasteiger partial charge in [-0.15, -0.1) is 0 Å². The highest BCUT2D eigenvalue weighted by Gasteiger charge is 2.16. The van der Waals surface area contributed by atoms with Crippen LogP contribution in [0.4, 0.5) is 5.69 Å². The van der Waals surface area contributed by atoms with Crippen LogP contribution in [-0.2, 0) is 9.59 Å². The van der Waals surface area contributed by atoms with E-state index in [1.807, 2.05) is 24.3 Å². The smallest absolute Gasteiger partial charge is 0.344 e. The second-order valence-electron chi connectivity index (χ2n) is 5.27. The number of carbonyl (C=O) groups is 2. The Hall–Kier alpha value is -2.30. The molecule has 1 fully saturated rings. The maximum atomic E-state index is 10.7. The van der Waals surface area contributed by atoms with Crippen LogP contribution in [0.15, 0.2) is 36.0 Å². The van der Waals surface area contributed by atoms with Crippen molar-refractivity contribution in [3.8, 4) is 0 Å². The van der Waals surface area contributed by atoms with Crippen LogP contribution in [0, 0.1) is 0 Å². The number of rotatable bonds is 5. The van der Waals surface area contributed by atoms with Gasteiger partial charge in [-0.2, -0.15) is 0 Å². The monoisotopic (exact) mass is 289 g/mol. The molecule has 0 radical (unpaired) electrons. The number of hydrogen-bond acceptors (Lipinski definition) is 3. The van der Waals surface area contributed by atoms with Crippen LogP contribution in [0.3, 0.4) is 0 Å². The molecule has 3 N–H and O–H groups in total. The Kier molecular flexibility index (Phi) is 4.98. The quantitative estimate of drug-likeness (QED) is 0.440. The van der Waals surface area contributed by atoms with E-state index in [1.54, 1.807) is 0 Å². The van der Waals surface area contributed by atoms with Gasteiger partial charge in [0.1, 0.15) is 0 Å². The highest BCUT2D eigenvalue weighted by Crippen LogP contribution is 2.32. The summed E-state index contributed by atoms with van der Waals surface area (Å²) in [5.74, 6) is -2.32. The first kappa shape index (κ1) is 15.1. The fourth-order valence-corrected chi connectivity index (χ4v) is 2.66. The third-order valence-corrected chi connectivity index (χ3v) is 3.83. The van der Waals surface area contributed by atoms with Gasteiger partial charge in [0.05, 0.1) is 0 Å². The number of nitrogens with one attached hydrogen (secondary N) is 1. The Morgan fingerprint density at radius 3 is 2.10 bits per heavy atom. The first-order chi connectivity index (χ1) is 10.1. The summed E-state index contributed by atoms with van der Waals surface area (Å²) in [6.07, 6.45) is 7.29. The van der Waals surface area contributed by atoms with Crippen molar-refractivity contribution in [2.45, 2.75) is 38.0 Å². The molecule has 0 unspecified atom stereocenters.